The Morgan fingerprint density at radius 2 is 2.00 bits per heavy atom. The number of furan rings is 1. The van der Waals surface area contributed by atoms with E-state index < -0.39 is 0 Å². The van der Waals surface area contributed by atoms with E-state index in [1.807, 2.05) is 24.3 Å². The van der Waals surface area contributed by atoms with E-state index in [0.717, 1.165) is 11.1 Å². The van der Waals surface area contributed by atoms with E-state index in [2.05, 4.69) is 10.3 Å². The SMILES string of the molecule is Cc1oc(-c2ccco2)nc1CC(=O)NCc1ccccc1CO. The van der Waals surface area contributed by atoms with Gasteiger partial charge in [0.1, 0.15) is 5.76 Å². The molecule has 0 bridgehead atoms. The van der Waals surface area contributed by atoms with E-state index in [1.165, 1.54) is 0 Å². The molecule has 0 aliphatic heterocycles. The lowest BCUT2D eigenvalue weighted by atomic mass is 10.1. The highest BCUT2D eigenvalue weighted by atomic mass is 16.4. The highest BCUT2D eigenvalue weighted by Gasteiger charge is 2.16. The van der Waals surface area contributed by atoms with E-state index in [-0.39, 0.29) is 18.9 Å². The molecule has 0 saturated carbocycles. The van der Waals surface area contributed by atoms with Crippen LogP contribution >= 0.6 is 0 Å². The summed E-state index contributed by atoms with van der Waals surface area (Å²) in [5.74, 6) is 1.32. The normalized spacial score (nSPS) is 10.8. The first-order valence-electron chi connectivity index (χ1n) is 7.62. The highest BCUT2D eigenvalue weighted by molar-refractivity contribution is 5.78. The van der Waals surface area contributed by atoms with Crippen molar-refractivity contribution in [2.24, 2.45) is 0 Å². The van der Waals surface area contributed by atoms with E-state index >= 15 is 0 Å². The van der Waals surface area contributed by atoms with Crippen molar-refractivity contribution < 1.29 is 18.7 Å². The molecule has 0 fully saturated rings. The second kappa shape index (κ2) is 7.14. The van der Waals surface area contributed by atoms with Crippen LogP contribution in [0.15, 0.2) is 51.5 Å². The standard InChI is InChI=1S/C18H18N2O4/c1-12-15(20-18(24-12)16-7-4-8-23-16)9-17(22)19-10-13-5-2-3-6-14(13)11-21/h2-8,21H,9-11H2,1H3,(H,19,22). The number of nitrogens with one attached hydrogen (secondary N) is 1. The lowest BCUT2D eigenvalue weighted by Crippen LogP contribution is -2.25. The molecule has 124 valence electrons. The van der Waals surface area contributed by atoms with Crippen molar-refractivity contribution in [1.82, 2.24) is 10.3 Å². The fourth-order valence-corrected chi connectivity index (χ4v) is 2.39. The fourth-order valence-electron chi connectivity index (χ4n) is 2.39. The first-order valence-corrected chi connectivity index (χ1v) is 7.62. The van der Waals surface area contributed by atoms with Crippen LogP contribution in [0.25, 0.3) is 11.7 Å². The Balaban J connectivity index is 1.63. The van der Waals surface area contributed by atoms with E-state index in [4.69, 9.17) is 8.83 Å². The van der Waals surface area contributed by atoms with Gasteiger partial charge >= 0.3 is 0 Å². The minimum Gasteiger partial charge on any atom is -0.459 e. The maximum Gasteiger partial charge on any atom is 0.263 e. The van der Waals surface area contributed by atoms with Gasteiger partial charge in [-0.3, -0.25) is 4.79 Å². The van der Waals surface area contributed by atoms with Gasteiger partial charge in [-0.1, -0.05) is 24.3 Å². The van der Waals surface area contributed by atoms with Crippen molar-refractivity contribution in [2.45, 2.75) is 26.5 Å². The number of aromatic nitrogens is 1. The van der Waals surface area contributed by atoms with Crippen LogP contribution in [0.4, 0.5) is 0 Å². The molecule has 0 aliphatic rings. The monoisotopic (exact) mass is 326 g/mol. The van der Waals surface area contributed by atoms with Gasteiger partial charge in [0.25, 0.3) is 5.89 Å². The molecule has 0 aliphatic carbocycles. The van der Waals surface area contributed by atoms with Crippen LogP contribution < -0.4 is 5.32 Å². The van der Waals surface area contributed by atoms with Crippen LogP contribution in [-0.4, -0.2) is 16.0 Å². The predicted molar refractivity (Wildman–Crippen MR) is 86.9 cm³/mol. The van der Waals surface area contributed by atoms with Crippen LogP contribution in [0.5, 0.6) is 0 Å². The number of rotatable bonds is 6. The number of carbonyl (C=O) groups excluding carboxylic acids is 1. The van der Waals surface area contributed by atoms with Crippen molar-refractivity contribution in [1.29, 1.82) is 0 Å². The van der Waals surface area contributed by atoms with Gasteiger partial charge in [-0.15, -0.1) is 0 Å². The topological polar surface area (TPSA) is 88.5 Å². The molecule has 0 spiro atoms. The molecule has 0 atom stereocenters. The van der Waals surface area contributed by atoms with Crippen molar-refractivity contribution >= 4 is 5.91 Å². The van der Waals surface area contributed by atoms with Crippen molar-refractivity contribution in [3.63, 3.8) is 0 Å². The minimum absolute atomic E-state index is 0.0546. The molecule has 1 amide bonds. The van der Waals surface area contributed by atoms with Gasteiger partial charge in [0.15, 0.2) is 5.76 Å². The van der Waals surface area contributed by atoms with Gasteiger partial charge in [-0.2, -0.15) is 0 Å². The number of benzene rings is 1. The summed E-state index contributed by atoms with van der Waals surface area (Å²) in [4.78, 5) is 16.5. The molecule has 3 aromatic rings. The Kier molecular flexibility index (Phi) is 4.77. The molecular formula is C18H18N2O4. The number of amides is 1. The Morgan fingerprint density at radius 3 is 2.71 bits per heavy atom. The van der Waals surface area contributed by atoms with Gasteiger partial charge in [0, 0.05) is 6.54 Å². The lowest BCUT2D eigenvalue weighted by Gasteiger charge is -2.08. The molecule has 2 heterocycles. The average Bonchev–Trinajstić information content (AvgIpc) is 3.23. The number of oxazole rings is 1. The Bertz CT molecular complexity index is 821. The fraction of sp³-hybridized carbons (Fsp3) is 0.222. The molecule has 0 saturated heterocycles. The van der Waals surface area contributed by atoms with Crippen molar-refractivity contribution in [3.05, 3.63) is 65.2 Å². The summed E-state index contributed by atoms with van der Waals surface area (Å²) in [5, 5.41) is 12.1. The summed E-state index contributed by atoms with van der Waals surface area (Å²) in [6.45, 7) is 2.07. The number of aryl methyl sites for hydroxylation is 1. The van der Waals surface area contributed by atoms with Crippen LogP contribution in [0.1, 0.15) is 22.6 Å². The quantitative estimate of drug-likeness (QED) is 0.727. The predicted octanol–water partition coefficient (Wildman–Crippen LogP) is 2.59. The summed E-state index contributed by atoms with van der Waals surface area (Å²) >= 11 is 0. The summed E-state index contributed by atoms with van der Waals surface area (Å²) in [6.07, 6.45) is 1.66. The van der Waals surface area contributed by atoms with E-state index in [9.17, 15) is 9.90 Å². The molecule has 1 aromatic carbocycles. The van der Waals surface area contributed by atoms with Crippen LogP contribution in [0.3, 0.4) is 0 Å². The van der Waals surface area contributed by atoms with E-state index in [0.29, 0.717) is 29.6 Å². The molecule has 6 nitrogen and oxygen atoms in total. The first-order chi connectivity index (χ1) is 11.7. The van der Waals surface area contributed by atoms with Gasteiger partial charge in [0.2, 0.25) is 5.91 Å². The molecule has 6 heteroatoms. The Morgan fingerprint density at radius 1 is 1.21 bits per heavy atom. The minimum atomic E-state index is -0.162. The van der Waals surface area contributed by atoms with Gasteiger partial charge in [-0.25, -0.2) is 4.98 Å². The molecule has 2 N–H and O–H groups in total. The molecule has 0 radical (unpaired) electrons. The molecular weight excluding hydrogens is 308 g/mol. The van der Waals surface area contributed by atoms with Crippen LogP contribution in [0, 0.1) is 6.92 Å². The molecule has 3 rings (SSSR count). The number of aliphatic hydroxyl groups excluding tert-OH is 1. The summed E-state index contributed by atoms with van der Waals surface area (Å²) < 4.78 is 10.8. The maximum absolute atomic E-state index is 12.2. The summed E-state index contributed by atoms with van der Waals surface area (Å²) in [6, 6.07) is 10.9. The second-order valence-electron chi connectivity index (χ2n) is 5.38. The lowest BCUT2D eigenvalue weighted by molar-refractivity contribution is -0.120. The van der Waals surface area contributed by atoms with Crippen molar-refractivity contribution in [3.8, 4) is 11.7 Å². The molecule has 2 aromatic heterocycles. The zero-order valence-electron chi connectivity index (χ0n) is 13.3. The van der Waals surface area contributed by atoms with Gasteiger partial charge in [-0.05, 0) is 30.2 Å². The molecule has 24 heavy (non-hydrogen) atoms. The number of aliphatic hydroxyl groups is 1. The molecule has 0 unspecified atom stereocenters. The van der Waals surface area contributed by atoms with Gasteiger partial charge in [0.05, 0.1) is 25.0 Å². The van der Waals surface area contributed by atoms with Crippen LogP contribution in [0.2, 0.25) is 0 Å². The first kappa shape index (κ1) is 16.0. The smallest absolute Gasteiger partial charge is 0.263 e. The Labute approximate surface area is 139 Å². The zero-order valence-corrected chi connectivity index (χ0v) is 13.3. The van der Waals surface area contributed by atoms with Gasteiger partial charge < -0.3 is 19.3 Å². The zero-order chi connectivity index (χ0) is 16.9. The Hall–Kier alpha value is -2.86. The number of hydrogen-bond acceptors (Lipinski definition) is 5. The highest BCUT2D eigenvalue weighted by Crippen LogP contribution is 2.22. The largest absolute Gasteiger partial charge is 0.459 e. The summed E-state index contributed by atoms with van der Waals surface area (Å²) in [7, 11) is 0. The number of carbonyl (C=O) groups is 1. The van der Waals surface area contributed by atoms with Crippen molar-refractivity contribution in [2.75, 3.05) is 0 Å². The van der Waals surface area contributed by atoms with E-state index in [1.54, 1.807) is 25.3 Å². The number of nitrogens with zero attached hydrogens (tertiary/aromatic N) is 1. The maximum atomic E-state index is 12.2. The summed E-state index contributed by atoms with van der Waals surface area (Å²) in [5.41, 5.74) is 2.27. The third-order valence-electron chi connectivity index (χ3n) is 3.72. The number of hydrogen-bond donors (Lipinski definition) is 2. The third-order valence-corrected chi connectivity index (χ3v) is 3.72. The van der Waals surface area contributed by atoms with Crippen LogP contribution in [-0.2, 0) is 24.4 Å². The second-order valence-corrected chi connectivity index (χ2v) is 5.38. The average molecular weight is 326 g/mol. The third kappa shape index (κ3) is 3.55.